The second kappa shape index (κ2) is 8.93. The van der Waals surface area contributed by atoms with E-state index in [4.69, 9.17) is 19.0 Å². The lowest BCUT2D eigenvalue weighted by Crippen LogP contribution is -2.43. The minimum absolute atomic E-state index is 0.0677. The molecule has 0 amide bonds. The van der Waals surface area contributed by atoms with Crippen LogP contribution >= 0.6 is 0 Å². The molecular formula is C21H33N5O3. The molecular weight excluding hydrogens is 370 g/mol. The van der Waals surface area contributed by atoms with E-state index in [0.717, 1.165) is 82.4 Å². The molecule has 0 atom stereocenters. The third kappa shape index (κ3) is 4.54. The average Bonchev–Trinajstić information content (AvgIpc) is 3.35. The smallest absolute Gasteiger partial charge is 0.229 e. The van der Waals surface area contributed by atoms with Gasteiger partial charge in [0.05, 0.1) is 11.4 Å². The summed E-state index contributed by atoms with van der Waals surface area (Å²) in [6.45, 7) is 7.25. The van der Waals surface area contributed by atoms with Crippen LogP contribution in [-0.2, 0) is 28.5 Å². The maximum Gasteiger partial charge on any atom is 0.229 e. The van der Waals surface area contributed by atoms with Gasteiger partial charge in [0, 0.05) is 51.9 Å². The van der Waals surface area contributed by atoms with E-state index in [1.54, 1.807) is 7.11 Å². The SMILES string of the molecule is COCCC1(c2noc(C3CCOCC3)n2)CCN(Cc2cc(C)nn2C)CC1. The highest BCUT2D eigenvalue weighted by molar-refractivity contribution is 5.13. The number of likely N-dealkylation sites (tertiary alicyclic amines) is 1. The first-order valence-electron chi connectivity index (χ1n) is 10.7. The van der Waals surface area contributed by atoms with Crippen molar-refractivity contribution in [1.29, 1.82) is 0 Å². The molecule has 2 aliphatic heterocycles. The zero-order valence-electron chi connectivity index (χ0n) is 17.9. The molecule has 2 saturated heterocycles. The standard InChI is InChI=1S/C21H33N5O3/c1-16-14-18(25(2)23-16)15-26-9-6-21(7-10-26,8-13-27-3)20-22-19(29-24-20)17-4-11-28-12-5-17/h14,17H,4-13,15H2,1-3H3. The number of hydrogen-bond donors (Lipinski definition) is 0. The summed E-state index contributed by atoms with van der Waals surface area (Å²) >= 11 is 0. The summed E-state index contributed by atoms with van der Waals surface area (Å²) < 4.78 is 18.6. The number of nitrogens with zero attached hydrogens (tertiary/aromatic N) is 5. The summed E-state index contributed by atoms with van der Waals surface area (Å²) in [5.41, 5.74) is 2.26. The van der Waals surface area contributed by atoms with Crippen molar-refractivity contribution in [2.75, 3.05) is 40.0 Å². The molecule has 2 fully saturated rings. The van der Waals surface area contributed by atoms with E-state index in [2.05, 4.69) is 21.2 Å². The van der Waals surface area contributed by atoms with Crippen molar-refractivity contribution >= 4 is 0 Å². The molecule has 0 saturated carbocycles. The van der Waals surface area contributed by atoms with Crippen molar-refractivity contribution in [3.63, 3.8) is 0 Å². The number of piperidine rings is 1. The van der Waals surface area contributed by atoms with Crippen LogP contribution in [-0.4, -0.2) is 64.8 Å². The Morgan fingerprint density at radius 1 is 1.24 bits per heavy atom. The minimum Gasteiger partial charge on any atom is -0.385 e. The molecule has 0 aliphatic carbocycles. The summed E-state index contributed by atoms with van der Waals surface area (Å²) in [7, 11) is 3.78. The van der Waals surface area contributed by atoms with Crippen molar-refractivity contribution < 1.29 is 14.0 Å². The Morgan fingerprint density at radius 3 is 2.66 bits per heavy atom. The molecule has 2 aromatic heterocycles. The lowest BCUT2D eigenvalue weighted by Gasteiger charge is -2.39. The van der Waals surface area contributed by atoms with Crippen LogP contribution < -0.4 is 0 Å². The van der Waals surface area contributed by atoms with Crippen LogP contribution in [0.1, 0.15) is 61.1 Å². The van der Waals surface area contributed by atoms with E-state index in [0.29, 0.717) is 12.5 Å². The molecule has 2 aliphatic rings. The van der Waals surface area contributed by atoms with Crippen LogP contribution in [0.2, 0.25) is 0 Å². The van der Waals surface area contributed by atoms with Gasteiger partial charge in [-0.1, -0.05) is 5.16 Å². The number of hydrogen-bond acceptors (Lipinski definition) is 7. The fourth-order valence-electron chi connectivity index (χ4n) is 4.62. The highest BCUT2D eigenvalue weighted by Gasteiger charge is 2.40. The molecule has 0 N–H and O–H groups in total. The van der Waals surface area contributed by atoms with Gasteiger partial charge < -0.3 is 14.0 Å². The van der Waals surface area contributed by atoms with Gasteiger partial charge in [-0.25, -0.2) is 0 Å². The van der Waals surface area contributed by atoms with Gasteiger partial charge in [-0.3, -0.25) is 9.58 Å². The van der Waals surface area contributed by atoms with E-state index >= 15 is 0 Å². The van der Waals surface area contributed by atoms with E-state index < -0.39 is 0 Å². The predicted octanol–water partition coefficient (Wildman–Crippen LogP) is 2.58. The summed E-state index contributed by atoms with van der Waals surface area (Å²) in [6.07, 6.45) is 4.88. The summed E-state index contributed by atoms with van der Waals surface area (Å²) in [5, 5.41) is 8.92. The first-order chi connectivity index (χ1) is 14.1. The van der Waals surface area contributed by atoms with E-state index in [-0.39, 0.29) is 5.41 Å². The van der Waals surface area contributed by atoms with Gasteiger partial charge in [-0.15, -0.1) is 0 Å². The van der Waals surface area contributed by atoms with Gasteiger partial charge in [-0.2, -0.15) is 10.1 Å². The van der Waals surface area contributed by atoms with Gasteiger partial charge in [0.1, 0.15) is 0 Å². The maximum atomic E-state index is 5.72. The Kier molecular flexibility index (Phi) is 6.32. The highest BCUT2D eigenvalue weighted by atomic mass is 16.5. The number of methoxy groups -OCH3 is 1. The maximum absolute atomic E-state index is 5.72. The van der Waals surface area contributed by atoms with E-state index in [1.165, 1.54) is 5.69 Å². The second-order valence-electron chi connectivity index (χ2n) is 8.54. The Morgan fingerprint density at radius 2 is 2.00 bits per heavy atom. The molecule has 8 nitrogen and oxygen atoms in total. The van der Waals surface area contributed by atoms with Crippen molar-refractivity contribution in [2.24, 2.45) is 7.05 Å². The number of aryl methyl sites for hydroxylation is 2. The third-order valence-corrected chi connectivity index (χ3v) is 6.57. The quantitative estimate of drug-likeness (QED) is 0.703. The van der Waals surface area contributed by atoms with Crippen LogP contribution in [0.4, 0.5) is 0 Å². The molecule has 160 valence electrons. The Balaban J connectivity index is 1.45. The molecule has 29 heavy (non-hydrogen) atoms. The van der Waals surface area contributed by atoms with Gasteiger partial charge in [0.25, 0.3) is 0 Å². The normalized spacial score (nSPS) is 20.9. The monoisotopic (exact) mass is 403 g/mol. The zero-order chi connectivity index (χ0) is 20.3. The first-order valence-corrected chi connectivity index (χ1v) is 10.7. The van der Waals surface area contributed by atoms with Crippen molar-refractivity contribution in [2.45, 2.75) is 56.9 Å². The number of aromatic nitrogens is 4. The van der Waals surface area contributed by atoms with Crippen LogP contribution in [0.25, 0.3) is 0 Å². The Labute approximate surface area is 172 Å². The summed E-state index contributed by atoms with van der Waals surface area (Å²) in [5.74, 6) is 1.98. The highest BCUT2D eigenvalue weighted by Crippen LogP contribution is 2.38. The van der Waals surface area contributed by atoms with Gasteiger partial charge in [0.15, 0.2) is 5.82 Å². The first kappa shape index (κ1) is 20.5. The van der Waals surface area contributed by atoms with Gasteiger partial charge >= 0.3 is 0 Å². The summed E-state index contributed by atoms with van der Waals surface area (Å²) in [4.78, 5) is 7.39. The largest absolute Gasteiger partial charge is 0.385 e. The molecule has 0 aromatic carbocycles. The fourth-order valence-corrected chi connectivity index (χ4v) is 4.62. The molecule has 0 unspecified atom stereocenters. The molecule has 8 heteroatoms. The molecule has 0 spiro atoms. The Hall–Kier alpha value is -1.77. The molecule has 0 radical (unpaired) electrons. The topological polar surface area (TPSA) is 78.4 Å². The number of ether oxygens (including phenoxy) is 2. The van der Waals surface area contributed by atoms with Crippen LogP contribution in [0.5, 0.6) is 0 Å². The molecule has 2 aromatic rings. The van der Waals surface area contributed by atoms with Gasteiger partial charge in [0.2, 0.25) is 5.89 Å². The second-order valence-corrected chi connectivity index (χ2v) is 8.54. The van der Waals surface area contributed by atoms with Gasteiger partial charge in [-0.05, 0) is 58.2 Å². The lowest BCUT2D eigenvalue weighted by atomic mass is 9.75. The van der Waals surface area contributed by atoms with Crippen molar-refractivity contribution in [3.05, 3.63) is 29.2 Å². The average molecular weight is 404 g/mol. The van der Waals surface area contributed by atoms with E-state index in [9.17, 15) is 0 Å². The zero-order valence-corrected chi connectivity index (χ0v) is 17.9. The minimum atomic E-state index is -0.0677. The molecule has 0 bridgehead atoms. The third-order valence-electron chi connectivity index (χ3n) is 6.57. The van der Waals surface area contributed by atoms with Crippen LogP contribution in [0, 0.1) is 6.92 Å². The summed E-state index contributed by atoms with van der Waals surface area (Å²) in [6, 6.07) is 2.17. The van der Waals surface area contributed by atoms with Crippen molar-refractivity contribution in [1.82, 2.24) is 24.8 Å². The van der Waals surface area contributed by atoms with Crippen LogP contribution in [0.15, 0.2) is 10.6 Å². The Bertz CT molecular complexity index is 788. The van der Waals surface area contributed by atoms with E-state index in [1.807, 2.05) is 18.7 Å². The fraction of sp³-hybridized carbons (Fsp3) is 0.762. The number of rotatable bonds is 7. The predicted molar refractivity (Wildman–Crippen MR) is 108 cm³/mol. The molecule has 4 heterocycles. The molecule has 4 rings (SSSR count). The lowest BCUT2D eigenvalue weighted by molar-refractivity contribution is 0.0778. The van der Waals surface area contributed by atoms with Crippen LogP contribution in [0.3, 0.4) is 0 Å². The van der Waals surface area contributed by atoms with Crippen molar-refractivity contribution in [3.8, 4) is 0 Å².